The first kappa shape index (κ1) is 45.6. The number of hydrogen-bond acceptors (Lipinski definition) is 6. The predicted molar refractivity (Wildman–Crippen MR) is 288 cm³/mol. The topological polar surface area (TPSA) is 95.8 Å². The van der Waals surface area contributed by atoms with Crippen LogP contribution in [0.5, 0.6) is 0 Å². The Balaban J connectivity index is 0.780. The third-order valence-corrected chi connectivity index (χ3v) is 17.4. The molecule has 6 atom stereocenters. The minimum absolute atomic E-state index is 0.0778. The van der Waals surface area contributed by atoms with Crippen LogP contribution in [0.4, 0.5) is 0 Å². The molecule has 0 fully saturated rings. The van der Waals surface area contributed by atoms with Crippen LogP contribution in [-0.2, 0) is 0 Å². The lowest BCUT2D eigenvalue weighted by Crippen LogP contribution is -2.37. The van der Waals surface area contributed by atoms with Crippen molar-refractivity contribution in [3.05, 3.63) is 211 Å². The summed E-state index contributed by atoms with van der Waals surface area (Å²) in [6.45, 7) is 6.84. The summed E-state index contributed by atoms with van der Waals surface area (Å²) in [6, 6.07) is 1.24. The minimum Gasteiger partial charge on any atom is -0.382 e. The molecule has 6 heteroatoms. The van der Waals surface area contributed by atoms with Crippen molar-refractivity contribution in [2.75, 3.05) is 13.1 Å². The van der Waals surface area contributed by atoms with E-state index in [1.807, 2.05) is 12.2 Å². The van der Waals surface area contributed by atoms with E-state index < -0.39 is 0 Å². The molecular formula is C63H72N6. The van der Waals surface area contributed by atoms with Gasteiger partial charge in [-0.2, -0.15) is 0 Å². The van der Waals surface area contributed by atoms with Gasteiger partial charge in [-0.05, 0) is 180 Å². The molecule has 6 N–H and O–H groups in total. The average Bonchev–Trinajstić information content (AvgIpc) is 3.67. The van der Waals surface area contributed by atoms with Gasteiger partial charge >= 0.3 is 0 Å². The molecule has 0 saturated carbocycles. The molecule has 0 amide bonds. The molecule has 4 unspecified atom stereocenters. The van der Waals surface area contributed by atoms with Crippen molar-refractivity contribution in [1.29, 1.82) is 10.8 Å². The van der Waals surface area contributed by atoms with Gasteiger partial charge in [0.2, 0.25) is 0 Å². The lowest BCUT2D eigenvalue weighted by atomic mass is 9.69. The van der Waals surface area contributed by atoms with Crippen LogP contribution in [-0.4, -0.2) is 49.7 Å². The maximum absolute atomic E-state index is 7.79. The Morgan fingerprint density at radius 1 is 0.551 bits per heavy atom. The first-order valence-corrected chi connectivity index (χ1v) is 26.6. The molecule has 0 aromatic heterocycles. The van der Waals surface area contributed by atoms with Gasteiger partial charge in [0.05, 0.1) is 12.1 Å². The summed E-state index contributed by atoms with van der Waals surface area (Å²) >= 11 is 0. The summed E-state index contributed by atoms with van der Waals surface area (Å²) in [6.07, 6.45) is 64.3. The Labute approximate surface area is 411 Å². The van der Waals surface area contributed by atoms with E-state index in [1.54, 1.807) is 22.3 Å². The quantitative estimate of drug-likeness (QED) is 0.110. The van der Waals surface area contributed by atoms with E-state index in [9.17, 15) is 0 Å². The number of rotatable bonds is 12. The van der Waals surface area contributed by atoms with Crippen LogP contribution in [0.1, 0.15) is 104 Å². The largest absolute Gasteiger partial charge is 0.382 e. The Bertz CT molecular complexity index is 2570. The molecule has 354 valence electrons. The normalized spacial score (nSPS) is 30.5. The van der Waals surface area contributed by atoms with E-state index in [-0.39, 0.29) is 17.3 Å². The Kier molecular flexibility index (Phi) is 13.1. The van der Waals surface area contributed by atoms with Gasteiger partial charge in [-0.1, -0.05) is 123 Å². The molecule has 11 aliphatic rings. The van der Waals surface area contributed by atoms with Crippen LogP contribution in [0.15, 0.2) is 211 Å². The van der Waals surface area contributed by atoms with Crippen LogP contribution in [0.3, 0.4) is 0 Å². The molecule has 7 aliphatic carbocycles. The van der Waals surface area contributed by atoms with E-state index in [1.165, 1.54) is 79.6 Å². The molecule has 0 aromatic carbocycles. The summed E-state index contributed by atoms with van der Waals surface area (Å²) in [4.78, 5) is 0. The highest BCUT2D eigenvalue weighted by Gasteiger charge is 2.44. The van der Waals surface area contributed by atoms with Gasteiger partial charge < -0.3 is 32.1 Å². The zero-order valence-electron chi connectivity index (χ0n) is 41.0. The summed E-state index contributed by atoms with van der Waals surface area (Å²) in [7, 11) is 0. The van der Waals surface area contributed by atoms with Gasteiger partial charge in [-0.3, -0.25) is 0 Å². The first-order valence-electron chi connectivity index (χ1n) is 26.6. The summed E-state index contributed by atoms with van der Waals surface area (Å²) in [5.41, 5.74) is 24.0. The summed E-state index contributed by atoms with van der Waals surface area (Å²) in [5.74, 6) is 0.540. The minimum atomic E-state index is 0.0778. The van der Waals surface area contributed by atoms with Crippen molar-refractivity contribution in [2.24, 2.45) is 17.3 Å². The lowest BCUT2D eigenvalue weighted by molar-refractivity contribution is 0.417. The van der Waals surface area contributed by atoms with E-state index >= 15 is 0 Å². The SMILES string of the molecule is CCC1(CC)C2=C(CCC(/C=C/C3CCC4=C(C[C@@H](/C=C\C=N)C(C5=C6C=CC=CC6NCC5)=C4)N3)=C2)C2=C1C=C(/C=C/C1CCC3=C(C[C@H](/C=C\C=N)C(C4=C5C=CC=CC5NCC4)=C3)N1)CC2. The van der Waals surface area contributed by atoms with Gasteiger partial charge in [0.1, 0.15) is 0 Å². The molecule has 4 aliphatic heterocycles. The zero-order valence-corrected chi connectivity index (χ0v) is 41.0. The van der Waals surface area contributed by atoms with Crippen molar-refractivity contribution in [3.63, 3.8) is 0 Å². The molecule has 0 aromatic rings. The maximum Gasteiger partial charge on any atom is 0.0512 e. The van der Waals surface area contributed by atoms with Crippen LogP contribution in [0.2, 0.25) is 0 Å². The smallest absolute Gasteiger partial charge is 0.0512 e. The fraction of sp³-hybridized carbons (Fsp3) is 0.397. The van der Waals surface area contributed by atoms with Crippen molar-refractivity contribution < 1.29 is 0 Å². The molecule has 11 rings (SSSR count). The second-order valence-corrected chi connectivity index (χ2v) is 21.0. The molecule has 4 heterocycles. The zero-order chi connectivity index (χ0) is 46.9. The number of hydrogen-bond donors (Lipinski definition) is 6. The van der Waals surface area contributed by atoms with Gasteiger partial charge in [0.25, 0.3) is 0 Å². The number of allylic oxidation sites excluding steroid dienone is 26. The standard InChI is InChI=1S/C63H72N6/c1-3-63(4-2)57-35-41(17-23-47-25-21-45-37-55(43(11-9-31-64)39-61(45)68-47)49-29-33-66-59-15-7-5-13-53(49)59)19-27-51(57)52-28-20-42(36-58(52)63)18-24-48-26-22-46-38-56(44(12-10-32-65)40-62(46)69-48)50-30-34-67-60-16-8-6-14-54(50)60/h5-18,23-24,31-32,35-38,43-44,47-48,59-60,64-69H,3-4,19-22,25-30,33-34,39-40H2,1-2H3/b11-9-,12-10-,23-17+,24-18+,64-31?,65-32?/t43-,44+,47?,48?,59?,60?. The Morgan fingerprint density at radius 3 is 1.48 bits per heavy atom. The second kappa shape index (κ2) is 19.9. The Morgan fingerprint density at radius 2 is 1.03 bits per heavy atom. The van der Waals surface area contributed by atoms with Crippen LogP contribution in [0.25, 0.3) is 0 Å². The molecule has 69 heavy (non-hydrogen) atoms. The first-order chi connectivity index (χ1) is 34.0. The van der Waals surface area contributed by atoms with Gasteiger partial charge in [0.15, 0.2) is 0 Å². The monoisotopic (exact) mass is 913 g/mol. The third kappa shape index (κ3) is 8.78. The second-order valence-electron chi connectivity index (χ2n) is 21.0. The molecule has 6 nitrogen and oxygen atoms in total. The van der Waals surface area contributed by atoms with E-state index in [0.29, 0.717) is 24.2 Å². The number of fused-ring (bicyclic) bond motifs is 3. The van der Waals surface area contributed by atoms with E-state index in [0.717, 1.165) is 103 Å². The Hall–Kier alpha value is -5.82. The summed E-state index contributed by atoms with van der Waals surface area (Å²) in [5, 5.41) is 31.0. The highest BCUT2D eigenvalue weighted by atomic mass is 15.0. The predicted octanol–water partition coefficient (Wildman–Crippen LogP) is 12.8. The molecular weight excluding hydrogens is 841 g/mol. The van der Waals surface area contributed by atoms with Gasteiger partial charge in [-0.15, -0.1) is 0 Å². The lowest BCUT2D eigenvalue weighted by Gasteiger charge is -2.37. The highest BCUT2D eigenvalue weighted by molar-refractivity contribution is 5.69. The maximum atomic E-state index is 7.79. The fourth-order valence-corrected chi connectivity index (χ4v) is 13.8. The number of nitrogens with one attached hydrogen (secondary N) is 6. The molecule has 0 bridgehead atoms. The molecule has 0 radical (unpaired) electrons. The van der Waals surface area contributed by atoms with Gasteiger partial charge in [-0.25, -0.2) is 0 Å². The summed E-state index contributed by atoms with van der Waals surface area (Å²) < 4.78 is 0. The van der Waals surface area contributed by atoms with Crippen LogP contribution in [0, 0.1) is 28.1 Å². The third-order valence-electron chi connectivity index (χ3n) is 17.4. The van der Waals surface area contributed by atoms with Crippen molar-refractivity contribution in [1.82, 2.24) is 21.3 Å². The van der Waals surface area contributed by atoms with Crippen molar-refractivity contribution in [2.45, 2.75) is 128 Å². The highest BCUT2D eigenvalue weighted by Crippen LogP contribution is 2.58. The van der Waals surface area contributed by atoms with Crippen LogP contribution >= 0.6 is 0 Å². The van der Waals surface area contributed by atoms with Crippen molar-refractivity contribution >= 4 is 12.4 Å². The van der Waals surface area contributed by atoms with E-state index in [2.05, 4.69) is 144 Å². The van der Waals surface area contributed by atoms with Gasteiger partial charge in [0, 0.05) is 66.2 Å². The average molecular weight is 913 g/mol. The molecule has 0 saturated heterocycles. The fourth-order valence-electron chi connectivity index (χ4n) is 13.8. The van der Waals surface area contributed by atoms with Crippen molar-refractivity contribution in [3.8, 4) is 0 Å². The van der Waals surface area contributed by atoms with E-state index in [4.69, 9.17) is 10.8 Å². The molecule has 0 spiro atoms. The van der Waals surface area contributed by atoms with Crippen LogP contribution < -0.4 is 21.3 Å².